The van der Waals surface area contributed by atoms with E-state index in [1.165, 1.54) is 11.1 Å². The Labute approximate surface area is 161 Å². The van der Waals surface area contributed by atoms with Crippen molar-refractivity contribution in [2.75, 3.05) is 26.1 Å². The van der Waals surface area contributed by atoms with Gasteiger partial charge in [0.25, 0.3) is 0 Å². The van der Waals surface area contributed by atoms with Crippen molar-refractivity contribution in [2.45, 2.75) is 39.8 Å². The first-order valence-corrected chi connectivity index (χ1v) is 9.29. The molecule has 3 rings (SSSR count). The zero-order valence-electron chi connectivity index (χ0n) is 16.8. The summed E-state index contributed by atoms with van der Waals surface area (Å²) in [6.45, 7) is 7.56. The molecule has 2 aromatic rings. The van der Waals surface area contributed by atoms with Crippen LogP contribution in [0.2, 0.25) is 0 Å². The smallest absolute Gasteiger partial charge is 0.241 e. The van der Waals surface area contributed by atoms with Crippen molar-refractivity contribution < 1.29 is 14.3 Å². The third-order valence-electron chi connectivity index (χ3n) is 5.33. The lowest BCUT2D eigenvalue weighted by Crippen LogP contribution is -2.44. The molecule has 144 valence electrons. The molecular weight excluding hydrogens is 340 g/mol. The number of nitrogens with one attached hydrogen (secondary N) is 1. The van der Waals surface area contributed by atoms with E-state index in [4.69, 9.17) is 9.47 Å². The van der Waals surface area contributed by atoms with E-state index in [-0.39, 0.29) is 11.9 Å². The van der Waals surface area contributed by atoms with E-state index in [2.05, 4.69) is 16.3 Å². The first kappa shape index (κ1) is 19.2. The average molecular weight is 368 g/mol. The number of hydrogen-bond donors (Lipinski definition) is 1. The molecule has 1 amide bonds. The maximum absolute atomic E-state index is 12.8. The van der Waals surface area contributed by atoms with E-state index in [0.717, 1.165) is 47.8 Å². The van der Waals surface area contributed by atoms with Crippen LogP contribution in [0.4, 0.5) is 5.69 Å². The van der Waals surface area contributed by atoms with Crippen LogP contribution in [0.1, 0.15) is 29.2 Å². The molecule has 0 radical (unpaired) electrons. The SMILES string of the molecule is COc1cc2c(cc1OC)CN([C@H](C)C(=O)Nc1cc(C)ccc1C)CC2. The van der Waals surface area contributed by atoms with E-state index in [9.17, 15) is 4.79 Å². The van der Waals surface area contributed by atoms with Crippen LogP contribution in [0.15, 0.2) is 30.3 Å². The van der Waals surface area contributed by atoms with Gasteiger partial charge in [-0.2, -0.15) is 0 Å². The number of benzene rings is 2. The van der Waals surface area contributed by atoms with Crippen LogP contribution in [0.25, 0.3) is 0 Å². The highest BCUT2D eigenvalue weighted by Gasteiger charge is 2.27. The fourth-order valence-electron chi connectivity index (χ4n) is 3.51. The molecule has 5 heteroatoms. The molecule has 1 atom stereocenters. The highest BCUT2D eigenvalue weighted by molar-refractivity contribution is 5.95. The van der Waals surface area contributed by atoms with Crippen molar-refractivity contribution in [2.24, 2.45) is 0 Å². The van der Waals surface area contributed by atoms with Crippen molar-refractivity contribution >= 4 is 11.6 Å². The van der Waals surface area contributed by atoms with Crippen LogP contribution >= 0.6 is 0 Å². The first-order valence-electron chi connectivity index (χ1n) is 9.29. The summed E-state index contributed by atoms with van der Waals surface area (Å²) in [5.41, 5.74) is 5.53. The summed E-state index contributed by atoms with van der Waals surface area (Å²) in [4.78, 5) is 15.0. The Bertz CT molecular complexity index is 848. The van der Waals surface area contributed by atoms with E-state index >= 15 is 0 Å². The maximum atomic E-state index is 12.8. The Morgan fingerprint density at radius 1 is 1.07 bits per heavy atom. The molecule has 1 N–H and O–H groups in total. The molecule has 2 aromatic carbocycles. The summed E-state index contributed by atoms with van der Waals surface area (Å²) in [7, 11) is 3.30. The Morgan fingerprint density at radius 3 is 2.41 bits per heavy atom. The molecule has 1 heterocycles. The predicted octanol–water partition coefficient (Wildman–Crippen LogP) is 3.71. The average Bonchev–Trinajstić information content (AvgIpc) is 2.68. The molecule has 0 aliphatic carbocycles. The molecule has 0 saturated heterocycles. The van der Waals surface area contributed by atoms with Crippen LogP contribution in [-0.2, 0) is 17.8 Å². The second kappa shape index (κ2) is 8.01. The molecule has 1 aliphatic heterocycles. The number of carbonyl (C=O) groups is 1. The number of methoxy groups -OCH3 is 2. The summed E-state index contributed by atoms with van der Waals surface area (Å²) in [5.74, 6) is 1.50. The Hall–Kier alpha value is -2.53. The normalized spacial score (nSPS) is 15.0. The predicted molar refractivity (Wildman–Crippen MR) is 108 cm³/mol. The number of nitrogens with zero attached hydrogens (tertiary/aromatic N) is 1. The van der Waals surface area contributed by atoms with Gasteiger partial charge in [0.15, 0.2) is 11.5 Å². The summed E-state index contributed by atoms with van der Waals surface area (Å²) in [6, 6.07) is 9.96. The minimum Gasteiger partial charge on any atom is -0.493 e. The van der Waals surface area contributed by atoms with E-state index in [1.807, 2.05) is 45.0 Å². The van der Waals surface area contributed by atoms with E-state index < -0.39 is 0 Å². The number of amides is 1. The summed E-state index contributed by atoms with van der Waals surface area (Å²) in [6.07, 6.45) is 0.886. The molecule has 0 unspecified atom stereocenters. The van der Waals surface area contributed by atoms with Crippen molar-refractivity contribution in [3.63, 3.8) is 0 Å². The summed E-state index contributed by atoms with van der Waals surface area (Å²) >= 11 is 0. The van der Waals surface area contributed by atoms with Gasteiger partial charge in [0, 0.05) is 18.8 Å². The number of rotatable bonds is 5. The topological polar surface area (TPSA) is 50.8 Å². The Balaban J connectivity index is 1.74. The lowest BCUT2D eigenvalue weighted by Gasteiger charge is -2.33. The first-order chi connectivity index (χ1) is 12.9. The number of anilines is 1. The van der Waals surface area contributed by atoms with Gasteiger partial charge in [0.1, 0.15) is 0 Å². The lowest BCUT2D eigenvalue weighted by atomic mass is 9.97. The van der Waals surface area contributed by atoms with Crippen LogP contribution in [0, 0.1) is 13.8 Å². The zero-order chi connectivity index (χ0) is 19.6. The van der Waals surface area contributed by atoms with Crippen molar-refractivity contribution in [3.05, 3.63) is 52.6 Å². The molecule has 5 nitrogen and oxygen atoms in total. The van der Waals surface area contributed by atoms with Crippen LogP contribution in [-0.4, -0.2) is 37.6 Å². The minimum absolute atomic E-state index is 0.0210. The van der Waals surface area contributed by atoms with E-state index in [1.54, 1.807) is 14.2 Å². The van der Waals surface area contributed by atoms with Gasteiger partial charge in [-0.05, 0) is 67.6 Å². The molecule has 0 fully saturated rings. The molecule has 1 aliphatic rings. The van der Waals surface area contributed by atoms with Gasteiger partial charge in [0.2, 0.25) is 5.91 Å². The third-order valence-corrected chi connectivity index (χ3v) is 5.33. The highest BCUT2D eigenvalue weighted by atomic mass is 16.5. The quantitative estimate of drug-likeness (QED) is 0.874. The molecule has 0 aromatic heterocycles. The second-order valence-electron chi connectivity index (χ2n) is 7.18. The van der Waals surface area contributed by atoms with Crippen LogP contribution in [0.3, 0.4) is 0 Å². The van der Waals surface area contributed by atoms with Gasteiger partial charge in [0.05, 0.1) is 20.3 Å². The van der Waals surface area contributed by atoms with Crippen LogP contribution < -0.4 is 14.8 Å². The number of aryl methyl sites for hydroxylation is 2. The highest BCUT2D eigenvalue weighted by Crippen LogP contribution is 2.33. The van der Waals surface area contributed by atoms with Gasteiger partial charge in [-0.25, -0.2) is 0 Å². The van der Waals surface area contributed by atoms with Gasteiger partial charge in [-0.1, -0.05) is 12.1 Å². The van der Waals surface area contributed by atoms with E-state index in [0.29, 0.717) is 0 Å². The standard InChI is InChI=1S/C22H28N2O3/c1-14-6-7-15(2)19(10-14)23-22(25)16(3)24-9-8-17-11-20(26-4)21(27-5)12-18(17)13-24/h6-7,10-12,16H,8-9,13H2,1-5H3,(H,23,25)/t16-/m1/s1. The molecular formula is C22H28N2O3. The minimum atomic E-state index is -0.217. The molecule has 0 spiro atoms. The number of carbonyl (C=O) groups excluding carboxylic acids is 1. The molecule has 27 heavy (non-hydrogen) atoms. The van der Waals surface area contributed by atoms with Crippen molar-refractivity contribution in [1.82, 2.24) is 4.90 Å². The fourth-order valence-corrected chi connectivity index (χ4v) is 3.51. The van der Waals surface area contributed by atoms with Crippen molar-refractivity contribution in [1.29, 1.82) is 0 Å². The van der Waals surface area contributed by atoms with Gasteiger partial charge in [-0.3, -0.25) is 9.69 Å². The third kappa shape index (κ3) is 4.08. The lowest BCUT2D eigenvalue weighted by molar-refractivity contribution is -0.121. The zero-order valence-corrected chi connectivity index (χ0v) is 16.8. The maximum Gasteiger partial charge on any atom is 0.241 e. The molecule has 0 saturated carbocycles. The van der Waals surface area contributed by atoms with Gasteiger partial charge < -0.3 is 14.8 Å². The summed E-state index contributed by atoms with van der Waals surface area (Å²) in [5, 5.41) is 3.09. The summed E-state index contributed by atoms with van der Waals surface area (Å²) < 4.78 is 10.8. The van der Waals surface area contributed by atoms with Crippen molar-refractivity contribution in [3.8, 4) is 11.5 Å². The number of fused-ring (bicyclic) bond motifs is 1. The molecule has 0 bridgehead atoms. The number of ether oxygens (including phenoxy) is 2. The van der Waals surface area contributed by atoms with Gasteiger partial charge >= 0.3 is 0 Å². The Kier molecular flexibility index (Phi) is 5.71. The monoisotopic (exact) mass is 368 g/mol. The largest absolute Gasteiger partial charge is 0.493 e. The second-order valence-corrected chi connectivity index (χ2v) is 7.18. The number of hydrogen-bond acceptors (Lipinski definition) is 4. The van der Waals surface area contributed by atoms with Crippen LogP contribution in [0.5, 0.6) is 11.5 Å². The fraction of sp³-hybridized carbons (Fsp3) is 0.409. The Morgan fingerprint density at radius 2 is 1.74 bits per heavy atom. The van der Waals surface area contributed by atoms with Gasteiger partial charge in [-0.15, -0.1) is 0 Å².